The lowest BCUT2D eigenvalue weighted by molar-refractivity contribution is 0.0257. The van der Waals surface area contributed by atoms with Gasteiger partial charge in [0.2, 0.25) is 0 Å². The first-order chi connectivity index (χ1) is 14.0. The molecule has 2 aromatic rings. The Morgan fingerprint density at radius 1 is 1.13 bits per heavy atom. The van der Waals surface area contributed by atoms with Gasteiger partial charge in [0.1, 0.15) is 5.82 Å². The highest BCUT2D eigenvalue weighted by atomic mass is 127. The molecule has 7 heteroatoms. The third-order valence-electron chi connectivity index (χ3n) is 5.05. The van der Waals surface area contributed by atoms with Crippen molar-refractivity contribution in [2.45, 2.75) is 72.1 Å². The van der Waals surface area contributed by atoms with Gasteiger partial charge in [-0.1, -0.05) is 51.0 Å². The minimum Gasteiger partial charge on any atom is -0.388 e. The van der Waals surface area contributed by atoms with Crippen molar-refractivity contribution < 1.29 is 5.11 Å². The number of rotatable bonds is 11. The van der Waals surface area contributed by atoms with Crippen LogP contribution in [0.2, 0.25) is 0 Å². The third-order valence-corrected chi connectivity index (χ3v) is 5.05. The summed E-state index contributed by atoms with van der Waals surface area (Å²) in [5, 5.41) is 17.5. The average molecular weight is 527 g/mol. The summed E-state index contributed by atoms with van der Waals surface area (Å²) in [6.45, 7) is 11.0. The minimum absolute atomic E-state index is 0. The summed E-state index contributed by atoms with van der Waals surface area (Å²) in [7, 11) is 0. The van der Waals surface area contributed by atoms with Crippen molar-refractivity contribution in [2.75, 3.05) is 13.1 Å². The third kappa shape index (κ3) is 8.63. The van der Waals surface area contributed by atoms with Gasteiger partial charge in [-0.15, -0.1) is 24.0 Å². The lowest BCUT2D eigenvalue weighted by Gasteiger charge is -2.28. The van der Waals surface area contributed by atoms with Crippen LogP contribution in [0, 0.1) is 6.92 Å². The molecule has 168 valence electrons. The van der Waals surface area contributed by atoms with Gasteiger partial charge in [-0.2, -0.15) is 0 Å². The number of aliphatic hydroxyl groups is 1. The van der Waals surface area contributed by atoms with Gasteiger partial charge in [0.15, 0.2) is 5.96 Å². The molecule has 6 nitrogen and oxygen atoms in total. The van der Waals surface area contributed by atoms with Crippen LogP contribution in [-0.2, 0) is 13.1 Å². The van der Waals surface area contributed by atoms with E-state index in [0.717, 1.165) is 56.1 Å². The van der Waals surface area contributed by atoms with Crippen molar-refractivity contribution in [3.8, 4) is 0 Å². The number of guanidine groups is 1. The second kappa shape index (κ2) is 13.6. The zero-order valence-electron chi connectivity index (χ0n) is 18.8. The zero-order chi connectivity index (χ0) is 21.1. The Hall–Kier alpha value is -1.61. The van der Waals surface area contributed by atoms with E-state index < -0.39 is 5.60 Å². The SMILES string of the molecule is CCCC(O)(CCC)CNC(=NCc1cccc(Cn2ccnc2C)c1)NCC.I. The molecule has 1 heterocycles. The Balaban J connectivity index is 0.00000450. The lowest BCUT2D eigenvalue weighted by atomic mass is 9.93. The van der Waals surface area contributed by atoms with E-state index in [4.69, 9.17) is 4.99 Å². The number of aromatic nitrogens is 2. The van der Waals surface area contributed by atoms with Gasteiger partial charge in [0.05, 0.1) is 12.1 Å². The number of hydrogen-bond donors (Lipinski definition) is 3. The molecule has 0 unspecified atom stereocenters. The summed E-state index contributed by atoms with van der Waals surface area (Å²) >= 11 is 0. The standard InChI is InChI=1S/C23H37N5O.HI/c1-5-11-23(29,12-6-2)18-27-22(24-7-3)26-16-20-9-8-10-21(15-20)17-28-14-13-25-19(28)4;/h8-10,13-15,29H,5-7,11-12,16-18H2,1-4H3,(H2,24,26,27);1H. The van der Waals surface area contributed by atoms with E-state index in [0.29, 0.717) is 13.1 Å². The van der Waals surface area contributed by atoms with Crippen LogP contribution in [0.5, 0.6) is 0 Å². The number of hydrogen-bond acceptors (Lipinski definition) is 3. The molecule has 1 aromatic heterocycles. The highest BCUT2D eigenvalue weighted by molar-refractivity contribution is 14.0. The Morgan fingerprint density at radius 3 is 2.43 bits per heavy atom. The van der Waals surface area contributed by atoms with Crippen LogP contribution < -0.4 is 10.6 Å². The maximum absolute atomic E-state index is 10.8. The van der Waals surface area contributed by atoms with E-state index in [1.807, 2.05) is 19.3 Å². The van der Waals surface area contributed by atoms with Gasteiger partial charge >= 0.3 is 0 Å². The molecule has 0 atom stereocenters. The molecule has 0 fully saturated rings. The fraction of sp³-hybridized carbons (Fsp3) is 0.565. The van der Waals surface area contributed by atoms with Crippen LogP contribution in [0.25, 0.3) is 0 Å². The van der Waals surface area contributed by atoms with E-state index >= 15 is 0 Å². The molecule has 0 aliphatic carbocycles. The predicted molar refractivity (Wildman–Crippen MR) is 136 cm³/mol. The molecular weight excluding hydrogens is 489 g/mol. The van der Waals surface area contributed by atoms with Crippen LogP contribution in [0.3, 0.4) is 0 Å². The smallest absolute Gasteiger partial charge is 0.191 e. The topological polar surface area (TPSA) is 74.5 Å². The van der Waals surface area contributed by atoms with Crippen LogP contribution >= 0.6 is 24.0 Å². The summed E-state index contributed by atoms with van der Waals surface area (Å²) in [5.74, 6) is 1.76. The number of halogens is 1. The lowest BCUT2D eigenvalue weighted by Crippen LogP contribution is -2.47. The second-order valence-electron chi connectivity index (χ2n) is 7.70. The minimum atomic E-state index is -0.678. The molecular formula is C23H38IN5O. The number of nitrogens with one attached hydrogen (secondary N) is 2. The Kier molecular flexibility index (Phi) is 12.0. The van der Waals surface area contributed by atoms with Gasteiger partial charge in [-0.25, -0.2) is 9.98 Å². The first-order valence-electron chi connectivity index (χ1n) is 10.8. The van der Waals surface area contributed by atoms with Crippen molar-refractivity contribution in [3.63, 3.8) is 0 Å². The van der Waals surface area contributed by atoms with E-state index in [-0.39, 0.29) is 24.0 Å². The number of benzene rings is 1. The Labute approximate surface area is 198 Å². The van der Waals surface area contributed by atoms with Crippen LogP contribution in [0.15, 0.2) is 41.7 Å². The maximum atomic E-state index is 10.8. The fourth-order valence-corrected chi connectivity index (χ4v) is 3.59. The molecule has 0 bridgehead atoms. The van der Waals surface area contributed by atoms with Crippen molar-refractivity contribution in [3.05, 3.63) is 53.6 Å². The number of aryl methyl sites for hydroxylation is 1. The number of imidazole rings is 1. The summed E-state index contributed by atoms with van der Waals surface area (Å²) in [6, 6.07) is 8.50. The Bertz CT molecular complexity index is 768. The quantitative estimate of drug-likeness (QED) is 0.232. The fourth-order valence-electron chi connectivity index (χ4n) is 3.59. The molecule has 0 spiro atoms. The van der Waals surface area contributed by atoms with Crippen LogP contribution in [0.4, 0.5) is 0 Å². The maximum Gasteiger partial charge on any atom is 0.191 e. The summed E-state index contributed by atoms with van der Waals surface area (Å²) < 4.78 is 2.14. The summed E-state index contributed by atoms with van der Waals surface area (Å²) in [6.07, 6.45) is 7.35. The van der Waals surface area contributed by atoms with E-state index in [9.17, 15) is 5.11 Å². The molecule has 30 heavy (non-hydrogen) atoms. The van der Waals surface area contributed by atoms with Gasteiger partial charge < -0.3 is 20.3 Å². The molecule has 0 aliphatic rings. The van der Waals surface area contributed by atoms with Crippen molar-refractivity contribution in [1.29, 1.82) is 0 Å². The van der Waals surface area contributed by atoms with Gasteiger partial charge in [0, 0.05) is 32.0 Å². The van der Waals surface area contributed by atoms with E-state index in [1.54, 1.807) is 0 Å². The molecule has 1 aromatic carbocycles. The molecule has 0 amide bonds. The van der Waals surface area contributed by atoms with Crippen molar-refractivity contribution >= 4 is 29.9 Å². The molecule has 0 radical (unpaired) electrons. The van der Waals surface area contributed by atoms with Crippen LogP contribution in [0.1, 0.15) is 63.4 Å². The molecule has 0 aliphatic heterocycles. The second-order valence-corrected chi connectivity index (χ2v) is 7.70. The number of aliphatic imine (C=N–C) groups is 1. The summed E-state index contributed by atoms with van der Waals surface area (Å²) in [4.78, 5) is 9.01. The normalized spacial score (nSPS) is 11.8. The van der Waals surface area contributed by atoms with Crippen LogP contribution in [-0.4, -0.2) is 39.3 Å². The molecule has 2 rings (SSSR count). The molecule has 3 N–H and O–H groups in total. The highest BCUT2D eigenvalue weighted by Gasteiger charge is 2.24. The first kappa shape index (κ1) is 26.4. The van der Waals surface area contributed by atoms with Gasteiger partial charge in [-0.05, 0) is 37.8 Å². The Morgan fingerprint density at radius 2 is 1.83 bits per heavy atom. The zero-order valence-corrected chi connectivity index (χ0v) is 21.1. The van der Waals surface area contributed by atoms with Gasteiger partial charge in [-0.3, -0.25) is 0 Å². The number of nitrogens with zero attached hydrogens (tertiary/aromatic N) is 3. The molecule has 0 saturated heterocycles. The van der Waals surface area contributed by atoms with Crippen molar-refractivity contribution in [2.24, 2.45) is 4.99 Å². The van der Waals surface area contributed by atoms with E-state index in [1.165, 1.54) is 5.56 Å². The molecule has 0 saturated carbocycles. The van der Waals surface area contributed by atoms with E-state index in [2.05, 4.69) is 65.2 Å². The monoisotopic (exact) mass is 527 g/mol. The predicted octanol–water partition coefficient (Wildman–Crippen LogP) is 4.24. The summed E-state index contributed by atoms with van der Waals surface area (Å²) in [5.41, 5.74) is 1.72. The average Bonchev–Trinajstić information content (AvgIpc) is 3.09. The highest BCUT2D eigenvalue weighted by Crippen LogP contribution is 2.18. The van der Waals surface area contributed by atoms with Gasteiger partial charge in [0.25, 0.3) is 0 Å². The largest absolute Gasteiger partial charge is 0.388 e. The van der Waals surface area contributed by atoms with Crippen molar-refractivity contribution in [1.82, 2.24) is 20.2 Å². The first-order valence-corrected chi connectivity index (χ1v) is 10.8.